The molecule has 0 aromatic carbocycles. The van der Waals surface area contributed by atoms with Gasteiger partial charge in [0.05, 0.1) is 29.9 Å². The van der Waals surface area contributed by atoms with Crippen LogP contribution in [0.4, 0.5) is 0 Å². The third-order valence-electron chi connectivity index (χ3n) is 3.64. The summed E-state index contributed by atoms with van der Waals surface area (Å²) in [6.07, 6.45) is 1.59. The fourth-order valence-corrected chi connectivity index (χ4v) is 5.05. The van der Waals surface area contributed by atoms with Crippen LogP contribution in [-0.4, -0.2) is 46.2 Å². The first-order valence-corrected chi connectivity index (χ1v) is 9.84. The topological polar surface area (TPSA) is 71.8 Å². The Morgan fingerprint density at radius 2 is 2.09 bits per heavy atom. The lowest BCUT2D eigenvalue weighted by Crippen LogP contribution is -2.43. The highest BCUT2D eigenvalue weighted by Crippen LogP contribution is 2.26. The van der Waals surface area contributed by atoms with Gasteiger partial charge in [-0.2, -0.15) is 0 Å². The number of hydrogen-bond donors (Lipinski definition) is 1. The largest absolute Gasteiger partial charge is 0.468 e. The first-order chi connectivity index (χ1) is 11.1. The van der Waals surface area contributed by atoms with Crippen LogP contribution in [0.5, 0.6) is 0 Å². The molecule has 6 nitrogen and oxygen atoms in total. The zero-order chi connectivity index (χ0) is 16.3. The van der Waals surface area contributed by atoms with Gasteiger partial charge in [-0.15, -0.1) is 11.3 Å². The van der Waals surface area contributed by atoms with Gasteiger partial charge in [-0.05, 0) is 24.3 Å². The quantitative estimate of drug-likeness (QED) is 0.837. The van der Waals surface area contributed by atoms with Gasteiger partial charge in [0, 0.05) is 19.6 Å². The zero-order valence-electron chi connectivity index (χ0n) is 12.3. The van der Waals surface area contributed by atoms with E-state index in [4.69, 9.17) is 20.8 Å². The lowest BCUT2D eigenvalue weighted by atomic mass is 10.2. The predicted molar refractivity (Wildman–Crippen MR) is 88.4 cm³/mol. The molecule has 0 amide bonds. The molecule has 1 N–H and O–H groups in total. The highest BCUT2D eigenvalue weighted by molar-refractivity contribution is 7.91. The van der Waals surface area contributed by atoms with E-state index in [2.05, 4.69) is 9.62 Å². The molecular weight excluding hydrogens is 360 g/mol. The van der Waals surface area contributed by atoms with Gasteiger partial charge in [-0.25, -0.2) is 13.1 Å². The van der Waals surface area contributed by atoms with E-state index in [0.717, 1.165) is 30.2 Å². The van der Waals surface area contributed by atoms with Crippen LogP contribution in [0.3, 0.4) is 0 Å². The molecule has 9 heteroatoms. The Kier molecular flexibility index (Phi) is 5.40. The van der Waals surface area contributed by atoms with Crippen molar-refractivity contribution >= 4 is 33.0 Å². The van der Waals surface area contributed by atoms with E-state index in [1.807, 2.05) is 6.07 Å². The van der Waals surface area contributed by atoms with Crippen molar-refractivity contribution in [1.82, 2.24) is 9.62 Å². The monoisotopic (exact) mass is 376 g/mol. The summed E-state index contributed by atoms with van der Waals surface area (Å²) in [6.45, 7) is 2.95. The maximum Gasteiger partial charge on any atom is 0.250 e. The Morgan fingerprint density at radius 3 is 2.70 bits per heavy atom. The van der Waals surface area contributed by atoms with Gasteiger partial charge in [0.1, 0.15) is 9.97 Å². The SMILES string of the molecule is O=S(=O)(NCC(c1ccco1)N1CCOCC1)c1ccc(Cl)s1. The minimum absolute atomic E-state index is 0.167. The van der Waals surface area contributed by atoms with Crippen molar-refractivity contribution in [3.05, 3.63) is 40.6 Å². The summed E-state index contributed by atoms with van der Waals surface area (Å²) in [5.74, 6) is 0.735. The Labute approximate surface area is 144 Å². The van der Waals surface area contributed by atoms with Crippen LogP contribution in [-0.2, 0) is 14.8 Å². The van der Waals surface area contributed by atoms with Crippen molar-refractivity contribution < 1.29 is 17.6 Å². The van der Waals surface area contributed by atoms with Gasteiger partial charge >= 0.3 is 0 Å². The maximum atomic E-state index is 12.4. The Balaban J connectivity index is 1.73. The molecule has 2 aromatic heterocycles. The van der Waals surface area contributed by atoms with Gasteiger partial charge < -0.3 is 9.15 Å². The summed E-state index contributed by atoms with van der Waals surface area (Å²) in [5, 5.41) is 0. The molecule has 0 radical (unpaired) electrons. The number of nitrogens with zero attached hydrogens (tertiary/aromatic N) is 1. The van der Waals surface area contributed by atoms with Crippen LogP contribution < -0.4 is 4.72 Å². The zero-order valence-corrected chi connectivity index (χ0v) is 14.7. The highest BCUT2D eigenvalue weighted by Gasteiger charge is 2.27. The van der Waals surface area contributed by atoms with E-state index in [1.54, 1.807) is 18.4 Å². The van der Waals surface area contributed by atoms with Gasteiger partial charge in [-0.3, -0.25) is 4.90 Å². The molecule has 0 spiro atoms. The van der Waals surface area contributed by atoms with Crippen LogP contribution >= 0.6 is 22.9 Å². The van der Waals surface area contributed by atoms with Crippen molar-refractivity contribution in [3.63, 3.8) is 0 Å². The van der Waals surface area contributed by atoms with Crippen LogP contribution in [0.1, 0.15) is 11.8 Å². The number of furan rings is 1. The molecule has 1 aliphatic heterocycles. The summed E-state index contributed by atoms with van der Waals surface area (Å²) >= 11 is 6.86. The van der Waals surface area contributed by atoms with E-state index >= 15 is 0 Å². The number of halogens is 1. The average molecular weight is 377 g/mol. The lowest BCUT2D eigenvalue weighted by molar-refractivity contribution is 0.0128. The highest BCUT2D eigenvalue weighted by atomic mass is 35.5. The smallest absolute Gasteiger partial charge is 0.250 e. The van der Waals surface area contributed by atoms with Crippen molar-refractivity contribution in [3.8, 4) is 0 Å². The lowest BCUT2D eigenvalue weighted by Gasteiger charge is -2.33. The number of rotatable bonds is 6. The minimum atomic E-state index is -3.58. The van der Waals surface area contributed by atoms with Gasteiger partial charge in [0.15, 0.2) is 0 Å². The first-order valence-electron chi connectivity index (χ1n) is 7.16. The number of thiophene rings is 1. The third-order valence-corrected chi connectivity index (χ3v) is 6.78. The molecule has 23 heavy (non-hydrogen) atoms. The van der Waals surface area contributed by atoms with Gasteiger partial charge in [0.2, 0.25) is 10.0 Å². The molecule has 1 aliphatic rings. The molecule has 1 atom stereocenters. The second kappa shape index (κ2) is 7.33. The second-order valence-electron chi connectivity index (χ2n) is 5.09. The maximum absolute atomic E-state index is 12.4. The number of hydrogen-bond acceptors (Lipinski definition) is 6. The van der Waals surface area contributed by atoms with Crippen LogP contribution in [0.25, 0.3) is 0 Å². The minimum Gasteiger partial charge on any atom is -0.468 e. The summed E-state index contributed by atoms with van der Waals surface area (Å²) in [7, 11) is -3.58. The molecule has 1 unspecified atom stereocenters. The van der Waals surface area contributed by atoms with E-state index < -0.39 is 10.0 Å². The van der Waals surface area contributed by atoms with Crippen molar-refractivity contribution in [2.24, 2.45) is 0 Å². The van der Waals surface area contributed by atoms with Crippen LogP contribution in [0.15, 0.2) is 39.2 Å². The van der Waals surface area contributed by atoms with E-state index in [9.17, 15) is 8.42 Å². The average Bonchev–Trinajstić information content (AvgIpc) is 3.20. The Morgan fingerprint density at radius 1 is 1.30 bits per heavy atom. The van der Waals surface area contributed by atoms with Crippen molar-refractivity contribution in [2.75, 3.05) is 32.8 Å². The number of morpholine rings is 1. The normalized spacial score (nSPS) is 18.1. The molecule has 0 bridgehead atoms. The predicted octanol–water partition coefficient (Wildman–Crippen LogP) is 2.35. The molecule has 126 valence electrons. The fourth-order valence-electron chi connectivity index (χ4n) is 2.48. The number of sulfonamides is 1. The second-order valence-corrected chi connectivity index (χ2v) is 8.80. The number of nitrogens with one attached hydrogen (secondary N) is 1. The summed E-state index contributed by atoms with van der Waals surface area (Å²) in [5.41, 5.74) is 0. The molecule has 3 rings (SSSR count). The molecule has 1 fully saturated rings. The van der Waals surface area contributed by atoms with Gasteiger partial charge in [-0.1, -0.05) is 11.6 Å². The first kappa shape index (κ1) is 16.9. The van der Waals surface area contributed by atoms with Gasteiger partial charge in [0.25, 0.3) is 0 Å². The molecule has 1 saturated heterocycles. The summed E-state index contributed by atoms with van der Waals surface area (Å²) < 4.78 is 38.9. The van der Waals surface area contributed by atoms with Crippen molar-refractivity contribution in [1.29, 1.82) is 0 Å². The molecule has 0 saturated carbocycles. The molecular formula is C14H17ClN2O4S2. The number of ether oxygens (including phenoxy) is 1. The van der Waals surface area contributed by atoms with E-state index in [1.165, 1.54) is 6.07 Å². The fraction of sp³-hybridized carbons (Fsp3) is 0.429. The summed E-state index contributed by atoms with van der Waals surface area (Å²) in [4.78, 5) is 2.16. The van der Waals surface area contributed by atoms with Crippen molar-refractivity contribution in [2.45, 2.75) is 10.3 Å². The third kappa shape index (κ3) is 4.14. The molecule has 3 heterocycles. The Hall–Kier alpha value is -0.900. The summed E-state index contributed by atoms with van der Waals surface area (Å²) in [6, 6.07) is 6.57. The standard InChI is InChI=1S/C14H17ClN2O4S2/c15-13-3-4-14(22-13)23(18,19)16-10-11(12-2-1-7-21-12)17-5-8-20-9-6-17/h1-4,7,11,16H,5-6,8-10H2. The van der Waals surface area contributed by atoms with Crippen LogP contribution in [0, 0.1) is 0 Å². The van der Waals surface area contributed by atoms with Crippen LogP contribution in [0.2, 0.25) is 4.34 Å². The van der Waals surface area contributed by atoms with E-state index in [-0.39, 0.29) is 16.8 Å². The molecule has 0 aliphatic carbocycles. The van der Waals surface area contributed by atoms with E-state index in [0.29, 0.717) is 17.6 Å². The Bertz CT molecular complexity index is 724. The molecule has 2 aromatic rings.